The molecule has 0 aliphatic rings. The van der Waals surface area contributed by atoms with Crippen LogP contribution in [0.15, 0.2) is 24.3 Å². The largest absolute Gasteiger partial charge is 0.378 e. The summed E-state index contributed by atoms with van der Waals surface area (Å²) in [7, 11) is 2.05. The lowest BCUT2D eigenvalue weighted by Gasteiger charge is -2.18. The predicted molar refractivity (Wildman–Crippen MR) is 81.3 cm³/mol. The maximum Gasteiger partial charge on any atom is 0.269 e. The topological polar surface area (TPSA) is 24.1 Å². The van der Waals surface area contributed by atoms with E-state index in [1.54, 1.807) is 11.3 Å². The Hall–Kier alpha value is -0.930. The van der Waals surface area contributed by atoms with Gasteiger partial charge in [-0.25, -0.2) is 0 Å². The van der Waals surface area contributed by atoms with Crippen molar-refractivity contribution in [3.63, 3.8) is 0 Å². The minimum Gasteiger partial charge on any atom is -0.378 e. The molecule has 0 amide bonds. The number of thiazole rings is 1. The first-order valence-electron chi connectivity index (χ1n) is 7.16. The Morgan fingerprint density at radius 3 is 2.63 bits per heavy atom. The molecule has 0 fully saturated rings. The van der Waals surface area contributed by atoms with Crippen LogP contribution in [0.5, 0.6) is 0 Å². The molecule has 2 aromatic rings. The van der Waals surface area contributed by atoms with Crippen LogP contribution in [-0.2, 0) is 12.6 Å². The summed E-state index contributed by atoms with van der Waals surface area (Å²) in [6, 6.07) is 8.34. The van der Waals surface area contributed by atoms with Crippen LogP contribution >= 0.6 is 11.3 Å². The van der Waals surface area contributed by atoms with Gasteiger partial charge in [-0.1, -0.05) is 49.7 Å². The number of hydrogen-bond acceptors (Lipinski definition) is 2. The van der Waals surface area contributed by atoms with E-state index in [0.29, 0.717) is 0 Å². The molecule has 0 aliphatic heterocycles. The van der Waals surface area contributed by atoms with Gasteiger partial charge in [-0.15, -0.1) is 0 Å². The van der Waals surface area contributed by atoms with Gasteiger partial charge in [-0.3, -0.25) is 0 Å². The lowest BCUT2D eigenvalue weighted by molar-refractivity contribution is -0.655. The Labute approximate surface area is 119 Å². The van der Waals surface area contributed by atoms with Gasteiger partial charge in [0.05, 0.1) is 0 Å². The van der Waals surface area contributed by atoms with E-state index < -0.39 is 5.60 Å². The van der Waals surface area contributed by atoms with Gasteiger partial charge in [0.15, 0.2) is 5.60 Å². The van der Waals surface area contributed by atoms with Gasteiger partial charge in [-0.2, -0.15) is 4.57 Å². The molecule has 1 unspecified atom stereocenters. The highest BCUT2D eigenvalue weighted by atomic mass is 32.1. The van der Waals surface area contributed by atoms with Crippen LogP contribution in [0.25, 0.3) is 10.2 Å². The van der Waals surface area contributed by atoms with Crippen LogP contribution in [-0.4, -0.2) is 5.11 Å². The minimum atomic E-state index is -0.716. The van der Waals surface area contributed by atoms with Gasteiger partial charge >= 0.3 is 0 Å². The molecule has 0 bridgehead atoms. The highest BCUT2D eigenvalue weighted by molar-refractivity contribution is 7.18. The number of benzene rings is 1. The Kier molecular flexibility index (Phi) is 4.58. The van der Waals surface area contributed by atoms with Crippen molar-refractivity contribution in [3.05, 3.63) is 29.3 Å². The van der Waals surface area contributed by atoms with Crippen molar-refractivity contribution in [3.8, 4) is 0 Å². The smallest absolute Gasteiger partial charge is 0.269 e. The molecule has 1 heterocycles. The standard InChI is InChI=1S/C16H24NOS/c1-4-5-6-9-12-16(2,18)15-17(3)13-10-7-8-11-14(13)19-15/h7-8,10-11,18H,4-6,9,12H2,1-3H3/q+1. The normalized spacial score (nSPS) is 14.7. The lowest BCUT2D eigenvalue weighted by Crippen LogP contribution is -2.39. The molecule has 1 aromatic heterocycles. The highest BCUT2D eigenvalue weighted by Crippen LogP contribution is 2.31. The van der Waals surface area contributed by atoms with E-state index in [-0.39, 0.29) is 0 Å². The first kappa shape index (κ1) is 14.5. The van der Waals surface area contributed by atoms with E-state index in [1.165, 1.54) is 29.5 Å². The zero-order chi connectivity index (χ0) is 13.9. The van der Waals surface area contributed by atoms with E-state index in [0.717, 1.165) is 17.8 Å². The van der Waals surface area contributed by atoms with E-state index in [9.17, 15) is 5.11 Å². The molecule has 19 heavy (non-hydrogen) atoms. The Morgan fingerprint density at radius 2 is 1.95 bits per heavy atom. The van der Waals surface area contributed by atoms with Gasteiger partial charge in [0.25, 0.3) is 5.01 Å². The number of aliphatic hydroxyl groups is 1. The predicted octanol–water partition coefficient (Wildman–Crippen LogP) is 3.90. The van der Waals surface area contributed by atoms with Crippen molar-refractivity contribution in [2.45, 2.75) is 51.6 Å². The SMILES string of the molecule is CCCCCCC(C)(O)c1sc2ccccc2[n+]1C. The number of unbranched alkanes of at least 4 members (excludes halogenated alkanes) is 3. The third-order valence-electron chi connectivity index (χ3n) is 3.72. The molecule has 2 rings (SSSR count). The Morgan fingerprint density at radius 1 is 1.21 bits per heavy atom. The fourth-order valence-electron chi connectivity index (χ4n) is 2.58. The molecule has 0 spiro atoms. The van der Waals surface area contributed by atoms with Crippen LogP contribution in [0, 0.1) is 0 Å². The summed E-state index contributed by atoms with van der Waals surface area (Å²) in [5, 5.41) is 11.8. The molecule has 3 heteroatoms. The molecule has 1 N–H and O–H groups in total. The number of hydrogen-bond donors (Lipinski definition) is 1. The van der Waals surface area contributed by atoms with Gasteiger partial charge in [-0.05, 0) is 25.8 Å². The first-order valence-corrected chi connectivity index (χ1v) is 7.98. The summed E-state index contributed by atoms with van der Waals surface area (Å²) in [4.78, 5) is 0. The van der Waals surface area contributed by atoms with Gasteiger partial charge in [0.1, 0.15) is 11.7 Å². The molecule has 0 radical (unpaired) electrons. The van der Waals surface area contributed by atoms with Gasteiger partial charge < -0.3 is 5.11 Å². The summed E-state index contributed by atoms with van der Waals surface area (Å²) < 4.78 is 3.38. The van der Waals surface area contributed by atoms with Crippen molar-refractivity contribution in [2.75, 3.05) is 0 Å². The molecule has 0 saturated carbocycles. The number of nitrogens with zero attached hydrogens (tertiary/aromatic N) is 1. The van der Waals surface area contributed by atoms with Gasteiger partial charge in [0.2, 0.25) is 5.52 Å². The number of fused-ring (bicyclic) bond motifs is 1. The molecular weight excluding hydrogens is 254 g/mol. The second-order valence-electron chi connectivity index (χ2n) is 5.52. The van der Waals surface area contributed by atoms with Crippen molar-refractivity contribution >= 4 is 21.6 Å². The number of aromatic nitrogens is 1. The fraction of sp³-hybridized carbons (Fsp3) is 0.562. The molecule has 2 nitrogen and oxygen atoms in total. The van der Waals surface area contributed by atoms with Crippen LogP contribution in [0.2, 0.25) is 0 Å². The maximum absolute atomic E-state index is 10.8. The van der Waals surface area contributed by atoms with Crippen molar-refractivity contribution < 1.29 is 9.67 Å². The van der Waals surface area contributed by atoms with Crippen LogP contribution in [0.4, 0.5) is 0 Å². The Bertz CT molecular complexity index is 545. The van der Waals surface area contributed by atoms with E-state index in [4.69, 9.17) is 0 Å². The summed E-state index contributed by atoms with van der Waals surface area (Å²) >= 11 is 1.71. The number of aryl methyl sites for hydroxylation is 1. The van der Waals surface area contributed by atoms with Crippen molar-refractivity contribution in [1.82, 2.24) is 0 Å². The summed E-state index contributed by atoms with van der Waals surface area (Å²) in [6.07, 6.45) is 5.64. The maximum atomic E-state index is 10.8. The third-order valence-corrected chi connectivity index (χ3v) is 5.19. The number of rotatable bonds is 6. The van der Waals surface area contributed by atoms with E-state index in [1.807, 2.05) is 6.92 Å². The molecule has 1 atom stereocenters. The average molecular weight is 278 g/mol. The summed E-state index contributed by atoms with van der Waals surface area (Å²) in [5.41, 5.74) is 0.489. The minimum absolute atomic E-state index is 0.716. The third kappa shape index (κ3) is 3.15. The molecule has 1 aromatic carbocycles. The molecule has 0 saturated heterocycles. The van der Waals surface area contributed by atoms with Crippen molar-refractivity contribution in [1.29, 1.82) is 0 Å². The van der Waals surface area contributed by atoms with Crippen LogP contribution < -0.4 is 4.57 Å². The molecular formula is C16H24NOS+. The summed E-state index contributed by atoms with van der Waals surface area (Å²) in [6.45, 7) is 4.16. The van der Waals surface area contributed by atoms with E-state index in [2.05, 4.69) is 42.8 Å². The quantitative estimate of drug-likeness (QED) is 0.629. The first-order chi connectivity index (χ1) is 9.06. The Balaban J connectivity index is 2.19. The summed E-state index contributed by atoms with van der Waals surface area (Å²) in [5.74, 6) is 0. The second kappa shape index (κ2) is 6.02. The fourth-order valence-corrected chi connectivity index (χ4v) is 3.80. The second-order valence-corrected chi connectivity index (χ2v) is 6.55. The molecule has 0 aliphatic carbocycles. The average Bonchev–Trinajstić information content (AvgIpc) is 2.74. The number of para-hydroxylation sites is 1. The van der Waals surface area contributed by atoms with Gasteiger partial charge in [0, 0.05) is 6.07 Å². The van der Waals surface area contributed by atoms with Crippen LogP contribution in [0.1, 0.15) is 51.0 Å². The monoisotopic (exact) mass is 278 g/mol. The lowest BCUT2D eigenvalue weighted by atomic mass is 9.98. The zero-order valence-corrected chi connectivity index (χ0v) is 13.0. The van der Waals surface area contributed by atoms with E-state index >= 15 is 0 Å². The molecule has 104 valence electrons. The van der Waals surface area contributed by atoms with Crippen molar-refractivity contribution in [2.24, 2.45) is 7.05 Å². The zero-order valence-electron chi connectivity index (χ0n) is 12.1. The highest BCUT2D eigenvalue weighted by Gasteiger charge is 2.34. The van der Waals surface area contributed by atoms with Crippen LogP contribution in [0.3, 0.4) is 0 Å².